The van der Waals surface area contributed by atoms with Crippen molar-refractivity contribution < 1.29 is 9.53 Å². The highest BCUT2D eigenvalue weighted by molar-refractivity contribution is 5.80. The zero-order valence-corrected chi connectivity index (χ0v) is 10.8. The van der Waals surface area contributed by atoms with Crippen LogP contribution < -0.4 is 15.0 Å². The van der Waals surface area contributed by atoms with Crippen LogP contribution in [0.2, 0.25) is 0 Å². The summed E-state index contributed by atoms with van der Waals surface area (Å²) in [5, 5.41) is 2.81. The number of ether oxygens (including phenoxy) is 1. The summed E-state index contributed by atoms with van der Waals surface area (Å²) in [7, 11) is 5.17. The lowest BCUT2D eigenvalue weighted by Crippen LogP contribution is -2.26. The van der Waals surface area contributed by atoms with E-state index in [4.69, 9.17) is 4.74 Å². The Morgan fingerprint density at radius 3 is 2.67 bits per heavy atom. The Labute approximate surface area is 106 Å². The van der Waals surface area contributed by atoms with Gasteiger partial charge in [0.2, 0.25) is 11.9 Å². The van der Waals surface area contributed by atoms with Crippen molar-refractivity contribution in [3.05, 3.63) is 5.82 Å². The van der Waals surface area contributed by atoms with Crippen LogP contribution in [0.4, 0.5) is 5.95 Å². The number of anilines is 1. The molecule has 0 unspecified atom stereocenters. The van der Waals surface area contributed by atoms with E-state index in [0.29, 0.717) is 18.3 Å². The van der Waals surface area contributed by atoms with Crippen LogP contribution in [-0.2, 0) is 11.3 Å². The first-order chi connectivity index (χ1) is 8.60. The van der Waals surface area contributed by atoms with Gasteiger partial charge in [-0.25, -0.2) is 0 Å². The normalized spacial score (nSPS) is 14.2. The molecule has 0 radical (unpaired) electrons. The number of rotatable bonds is 5. The largest absolute Gasteiger partial charge is 0.467 e. The smallest absolute Gasteiger partial charge is 0.321 e. The second-order valence-corrected chi connectivity index (χ2v) is 4.42. The number of hydrogen-bond acceptors (Lipinski definition) is 6. The van der Waals surface area contributed by atoms with Crippen molar-refractivity contribution in [3.63, 3.8) is 0 Å². The Morgan fingerprint density at radius 1 is 1.39 bits per heavy atom. The molecule has 18 heavy (non-hydrogen) atoms. The average Bonchev–Trinajstić information content (AvgIpc) is 3.19. The Kier molecular flexibility index (Phi) is 3.59. The number of carbonyl (C=O) groups is 1. The summed E-state index contributed by atoms with van der Waals surface area (Å²) >= 11 is 0. The molecule has 7 heteroatoms. The number of carbonyl (C=O) groups excluding carboxylic acids is 1. The van der Waals surface area contributed by atoms with E-state index in [2.05, 4.69) is 20.3 Å². The summed E-state index contributed by atoms with van der Waals surface area (Å²) in [4.78, 5) is 25.7. The maximum absolute atomic E-state index is 11.5. The SMILES string of the molecule is COc1nc(CNC(=O)C2CC2)nc(N(C)C)n1. The highest BCUT2D eigenvalue weighted by Crippen LogP contribution is 2.28. The fourth-order valence-electron chi connectivity index (χ4n) is 1.41. The van der Waals surface area contributed by atoms with Crippen molar-refractivity contribution in [1.82, 2.24) is 20.3 Å². The zero-order valence-electron chi connectivity index (χ0n) is 10.8. The number of nitrogens with one attached hydrogen (secondary N) is 1. The Bertz CT molecular complexity index is 445. The molecule has 1 aromatic heterocycles. The van der Waals surface area contributed by atoms with Crippen molar-refractivity contribution >= 4 is 11.9 Å². The van der Waals surface area contributed by atoms with Gasteiger partial charge in [-0.05, 0) is 12.8 Å². The fourth-order valence-corrected chi connectivity index (χ4v) is 1.41. The van der Waals surface area contributed by atoms with Gasteiger partial charge in [-0.15, -0.1) is 0 Å². The molecule has 2 rings (SSSR count). The van der Waals surface area contributed by atoms with E-state index in [1.807, 2.05) is 14.1 Å². The van der Waals surface area contributed by atoms with Crippen molar-refractivity contribution in [2.45, 2.75) is 19.4 Å². The Morgan fingerprint density at radius 2 is 2.11 bits per heavy atom. The van der Waals surface area contributed by atoms with Crippen LogP contribution in [0.25, 0.3) is 0 Å². The van der Waals surface area contributed by atoms with Gasteiger partial charge in [0.05, 0.1) is 13.7 Å². The molecule has 7 nitrogen and oxygen atoms in total. The molecule has 1 amide bonds. The van der Waals surface area contributed by atoms with Crippen LogP contribution in [0.1, 0.15) is 18.7 Å². The molecule has 1 aromatic rings. The second-order valence-electron chi connectivity index (χ2n) is 4.42. The van der Waals surface area contributed by atoms with E-state index in [9.17, 15) is 4.79 Å². The van der Waals surface area contributed by atoms with E-state index >= 15 is 0 Å². The first-order valence-electron chi connectivity index (χ1n) is 5.84. The third-order valence-electron chi connectivity index (χ3n) is 2.60. The first-order valence-corrected chi connectivity index (χ1v) is 5.84. The predicted octanol–water partition coefficient (Wildman–Crippen LogP) is -0.0276. The maximum atomic E-state index is 11.5. The highest BCUT2D eigenvalue weighted by atomic mass is 16.5. The molecule has 0 saturated heterocycles. The van der Waals surface area contributed by atoms with E-state index < -0.39 is 0 Å². The molecule has 98 valence electrons. The third-order valence-corrected chi connectivity index (χ3v) is 2.60. The summed E-state index contributed by atoms with van der Waals surface area (Å²) in [6.45, 7) is 0.301. The quantitative estimate of drug-likeness (QED) is 0.791. The predicted molar refractivity (Wildman–Crippen MR) is 65.3 cm³/mol. The lowest BCUT2D eigenvalue weighted by atomic mass is 10.4. The molecule has 1 aliphatic carbocycles. The summed E-state index contributed by atoms with van der Waals surface area (Å²) < 4.78 is 5.01. The summed E-state index contributed by atoms with van der Waals surface area (Å²) in [6.07, 6.45) is 1.96. The molecule has 1 fully saturated rings. The van der Waals surface area contributed by atoms with Crippen molar-refractivity contribution in [2.24, 2.45) is 5.92 Å². The van der Waals surface area contributed by atoms with E-state index in [-0.39, 0.29) is 17.8 Å². The molecule has 1 heterocycles. The van der Waals surface area contributed by atoms with Gasteiger partial charge < -0.3 is 15.0 Å². The van der Waals surface area contributed by atoms with Crippen LogP contribution in [0.5, 0.6) is 6.01 Å². The molecule has 0 atom stereocenters. The van der Waals surface area contributed by atoms with Crippen LogP contribution in [-0.4, -0.2) is 42.1 Å². The molecule has 0 spiro atoms. The summed E-state index contributed by atoms with van der Waals surface area (Å²) in [5.74, 6) is 1.26. The van der Waals surface area contributed by atoms with Crippen molar-refractivity contribution in [3.8, 4) is 6.01 Å². The van der Waals surface area contributed by atoms with Crippen molar-refractivity contribution in [2.75, 3.05) is 26.1 Å². The molecule has 0 aliphatic heterocycles. The number of nitrogens with zero attached hydrogens (tertiary/aromatic N) is 4. The standard InChI is InChI=1S/C11H17N5O2/c1-16(2)10-13-8(14-11(15-10)18-3)6-12-9(17)7-4-5-7/h7H,4-6H2,1-3H3,(H,12,17). The summed E-state index contributed by atoms with van der Waals surface area (Å²) in [5.41, 5.74) is 0. The minimum absolute atomic E-state index is 0.0702. The van der Waals surface area contributed by atoms with Crippen LogP contribution in [0, 0.1) is 5.92 Å². The number of amides is 1. The molecular weight excluding hydrogens is 234 g/mol. The minimum atomic E-state index is 0.0702. The van der Waals surface area contributed by atoms with Gasteiger partial charge in [0.25, 0.3) is 0 Å². The van der Waals surface area contributed by atoms with Gasteiger partial charge in [0, 0.05) is 20.0 Å². The lowest BCUT2D eigenvalue weighted by molar-refractivity contribution is -0.122. The molecule has 0 aromatic carbocycles. The molecule has 1 aliphatic rings. The molecule has 1 saturated carbocycles. The van der Waals surface area contributed by atoms with Crippen LogP contribution in [0.15, 0.2) is 0 Å². The van der Waals surface area contributed by atoms with Gasteiger partial charge in [0.15, 0.2) is 5.82 Å². The van der Waals surface area contributed by atoms with Crippen molar-refractivity contribution in [1.29, 1.82) is 0 Å². The first kappa shape index (κ1) is 12.5. The monoisotopic (exact) mass is 251 g/mol. The number of aromatic nitrogens is 3. The maximum Gasteiger partial charge on any atom is 0.321 e. The van der Waals surface area contributed by atoms with E-state index in [1.54, 1.807) is 4.90 Å². The van der Waals surface area contributed by atoms with Crippen LogP contribution >= 0.6 is 0 Å². The number of methoxy groups -OCH3 is 1. The van der Waals surface area contributed by atoms with E-state index in [0.717, 1.165) is 12.8 Å². The zero-order chi connectivity index (χ0) is 13.1. The third kappa shape index (κ3) is 3.06. The Hall–Kier alpha value is -1.92. The topological polar surface area (TPSA) is 80.2 Å². The highest BCUT2D eigenvalue weighted by Gasteiger charge is 2.29. The second kappa shape index (κ2) is 5.16. The molecular formula is C11H17N5O2. The van der Waals surface area contributed by atoms with Gasteiger partial charge >= 0.3 is 6.01 Å². The number of hydrogen-bond donors (Lipinski definition) is 1. The minimum Gasteiger partial charge on any atom is -0.467 e. The summed E-state index contributed by atoms with van der Waals surface area (Å²) in [6, 6.07) is 0.254. The van der Waals surface area contributed by atoms with Gasteiger partial charge in [0.1, 0.15) is 0 Å². The molecule has 0 bridgehead atoms. The molecule has 1 N–H and O–H groups in total. The van der Waals surface area contributed by atoms with Gasteiger partial charge in [-0.1, -0.05) is 0 Å². The van der Waals surface area contributed by atoms with Gasteiger partial charge in [-0.3, -0.25) is 4.79 Å². The van der Waals surface area contributed by atoms with Gasteiger partial charge in [-0.2, -0.15) is 15.0 Å². The lowest BCUT2D eigenvalue weighted by Gasteiger charge is -2.12. The van der Waals surface area contributed by atoms with Crippen LogP contribution in [0.3, 0.4) is 0 Å². The van der Waals surface area contributed by atoms with E-state index in [1.165, 1.54) is 7.11 Å². The Balaban J connectivity index is 2.05. The average molecular weight is 251 g/mol. The fraction of sp³-hybridized carbons (Fsp3) is 0.636.